The van der Waals surface area contributed by atoms with Gasteiger partial charge < -0.3 is 15.5 Å². The van der Waals surface area contributed by atoms with E-state index >= 15 is 0 Å². The Labute approximate surface area is 143 Å². The number of nitrogens with zero attached hydrogens (tertiary/aromatic N) is 2. The highest BCUT2D eigenvalue weighted by molar-refractivity contribution is 5.89. The van der Waals surface area contributed by atoms with Crippen molar-refractivity contribution in [1.29, 1.82) is 0 Å². The normalized spacial score (nSPS) is 17.5. The first-order chi connectivity index (χ1) is 11.7. The number of amides is 2. The molecular weight excluding hydrogens is 300 g/mol. The first kappa shape index (κ1) is 16.5. The molecule has 0 saturated carbocycles. The van der Waals surface area contributed by atoms with Crippen LogP contribution in [-0.2, 0) is 6.42 Å². The maximum Gasteiger partial charge on any atom is 0.322 e. The van der Waals surface area contributed by atoms with E-state index in [4.69, 9.17) is 0 Å². The zero-order valence-corrected chi connectivity index (χ0v) is 14.0. The SMILES string of the molecule is Cc1ccc(NC(=O)N2CCNCC2CCc2cccnc2)cc1. The molecule has 2 aromatic rings. The highest BCUT2D eigenvalue weighted by Gasteiger charge is 2.26. The number of aryl methyl sites for hydroxylation is 2. The van der Waals surface area contributed by atoms with E-state index in [1.165, 1.54) is 11.1 Å². The van der Waals surface area contributed by atoms with Crippen LogP contribution in [0.15, 0.2) is 48.8 Å². The number of carbonyl (C=O) groups excluding carboxylic acids is 1. The van der Waals surface area contributed by atoms with Crippen molar-refractivity contribution in [2.75, 3.05) is 25.0 Å². The second-order valence-corrected chi connectivity index (χ2v) is 6.25. The van der Waals surface area contributed by atoms with Crippen molar-refractivity contribution in [3.05, 3.63) is 59.9 Å². The van der Waals surface area contributed by atoms with Crippen LogP contribution < -0.4 is 10.6 Å². The molecule has 1 aromatic heterocycles. The molecule has 2 amide bonds. The predicted octanol–water partition coefficient (Wildman–Crippen LogP) is 2.83. The minimum Gasteiger partial charge on any atom is -0.319 e. The number of anilines is 1. The number of nitrogens with one attached hydrogen (secondary N) is 2. The average Bonchev–Trinajstić information content (AvgIpc) is 2.63. The van der Waals surface area contributed by atoms with Crippen LogP contribution in [0.3, 0.4) is 0 Å². The van der Waals surface area contributed by atoms with Crippen LogP contribution in [0.25, 0.3) is 0 Å². The highest BCUT2D eigenvalue weighted by Crippen LogP contribution is 2.15. The standard InChI is InChI=1S/C19H24N4O/c1-15-4-7-17(8-5-15)22-19(24)23-12-11-21-14-18(23)9-6-16-3-2-10-20-13-16/h2-5,7-8,10,13,18,21H,6,9,11-12,14H2,1H3,(H,22,24). The fourth-order valence-electron chi connectivity index (χ4n) is 3.00. The number of hydrogen-bond acceptors (Lipinski definition) is 3. The van der Waals surface area contributed by atoms with Crippen molar-refractivity contribution < 1.29 is 4.79 Å². The summed E-state index contributed by atoms with van der Waals surface area (Å²) in [6.45, 7) is 4.44. The van der Waals surface area contributed by atoms with E-state index in [1.54, 1.807) is 6.20 Å². The molecule has 1 aromatic carbocycles. The van der Waals surface area contributed by atoms with Gasteiger partial charge >= 0.3 is 6.03 Å². The second-order valence-electron chi connectivity index (χ2n) is 6.25. The summed E-state index contributed by atoms with van der Waals surface area (Å²) < 4.78 is 0. The van der Waals surface area contributed by atoms with Gasteiger partial charge in [-0.3, -0.25) is 4.98 Å². The molecule has 1 fully saturated rings. The highest BCUT2D eigenvalue weighted by atomic mass is 16.2. The summed E-state index contributed by atoms with van der Waals surface area (Å²) in [5.74, 6) is 0. The number of aromatic nitrogens is 1. The summed E-state index contributed by atoms with van der Waals surface area (Å²) in [6, 6.07) is 12.1. The average molecular weight is 324 g/mol. The molecule has 1 atom stereocenters. The maximum atomic E-state index is 12.6. The van der Waals surface area contributed by atoms with E-state index in [9.17, 15) is 4.79 Å². The Morgan fingerprint density at radius 3 is 2.92 bits per heavy atom. The zero-order chi connectivity index (χ0) is 16.8. The second kappa shape index (κ2) is 7.93. The smallest absolute Gasteiger partial charge is 0.319 e. The zero-order valence-electron chi connectivity index (χ0n) is 14.0. The summed E-state index contributed by atoms with van der Waals surface area (Å²) in [5.41, 5.74) is 3.24. The number of pyridine rings is 1. The Morgan fingerprint density at radius 2 is 2.17 bits per heavy atom. The van der Waals surface area contributed by atoms with Gasteiger partial charge in [0.15, 0.2) is 0 Å². The van der Waals surface area contributed by atoms with Crippen LogP contribution in [0.4, 0.5) is 10.5 Å². The van der Waals surface area contributed by atoms with Crippen LogP contribution in [0.2, 0.25) is 0 Å². The molecule has 2 heterocycles. The lowest BCUT2D eigenvalue weighted by Gasteiger charge is -2.36. The Hall–Kier alpha value is -2.40. The quantitative estimate of drug-likeness (QED) is 0.909. The molecular formula is C19H24N4O. The molecule has 0 spiro atoms. The minimum absolute atomic E-state index is 0.0171. The van der Waals surface area contributed by atoms with Crippen molar-refractivity contribution in [3.8, 4) is 0 Å². The number of piperazine rings is 1. The first-order valence-electron chi connectivity index (χ1n) is 8.46. The van der Waals surface area contributed by atoms with Gasteiger partial charge in [-0.25, -0.2) is 4.79 Å². The van der Waals surface area contributed by atoms with Gasteiger partial charge in [0, 0.05) is 43.8 Å². The Kier molecular flexibility index (Phi) is 5.43. The Morgan fingerprint density at radius 1 is 1.33 bits per heavy atom. The third-order valence-corrected chi connectivity index (χ3v) is 4.40. The van der Waals surface area contributed by atoms with Crippen LogP contribution >= 0.6 is 0 Å². The van der Waals surface area contributed by atoms with Gasteiger partial charge in [0.2, 0.25) is 0 Å². The van der Waals surface area contributed by atoms with E-state index in [-0.39, 0.29) is 12.1 Å². The fourth-order valence-corrected chi connectivity index (χ4v) is 3.00. The van der Waals surface area contributed by atoms with Crippen LogP contribution in [0.1, 0.15) is 17.5 Å². The molecule has 3 rings (SSSR count). The van der Waals surface area contributed by atoms with Gasteiger partial charge in [-0.2, -0.15) is 0 Å². The van der Waals surface area contributed by atoms with Gasteiger partial charge in [0.05, 0.1) is 0 Å². The van der Waals surface area contributed by atoms with Crippen LogP contribution in [0, 0.1) is 6.92 Å². The largest absolute Gasteiger partial charge is 0.322 e. The summed E-state index contributed by atoms with van der Waals surface area (Å²) in [7, 11) is 0. The third kappa shape index (κ3) is 4.32. The molecule has 0 bridgehead atoms. The Balaban J connectivity index is 1.60. The van der Waals surface area contributed by atoms with E-state index in [0.717, 1.165) is 38.2 Å². The van der Waals surface area contributed by atoms with Crippen LogP contribution in [0.5, 0.6) is 0 Å². The minimum atomic E-state index is -0.0171. The van der Waals surface area contributed by atoms with Gasteiger partial charge in [0.25, 0.3) is 0 Å². The number of carbonyl (C=O) groups is 1. The van der Waals surface area contributed by atoms with Gasteiger partial charge in [-0.05, 0) is 43.5 Å². The lowest BCUT2D eigenvalue weighted by molar-refractivity contribution is 0.166. The number of benzene rings is 1. The third-order valence-electron chi connectivity index (χ3n) is 4.40. The first-order valence-corrected chi connectivity index (χ1v) is 8.46. The van der Waals surface area contributed by atoms with E-state index in [0.29, 0.717) is 0 Å². The molecule has 0 aliphatic carbocycles. The molecule has 1 unspecified atom stereocenters. The number of hydrogen-bond donors (Lipinski definition) is 2. The lowest BCUT2D eigenvalue weighted by atomic mass is 10.0. The molecule has 5 nitrogen and oxygen atoms in total. The predicted molar refractivity (Wildman–Crippen MR) is 96.1 cm³/mol. The summed E-state index contributed by atoms with van der Waals surface area (Å²) in [4.78, 5) is 18.8. The van der Waals surface area contributed by atoms with Gasteiger partial charge in [0.1, 0.15) is 0 Å². The molecule has 1 aliphatic heterocycles. The van der Waals surface area contributed by atoms with Crippen molar-refractivity contribution in [2.24, 2.45) is 0 Å². The van der Waals surface area contributed by atoms with E-state index in [1.807, 2.05) is 48.4 Å². The summed E-state index contributed by atoms with van der Waals surface area (Å²) in [5, 5.41) is 6.40. The molecule has 1 aliphatic rings. The van der Waals surface area contributed by atoms with Crippen molar-refractivity contribution in [3.63, 3.8) is 0 Å². The van der Waals surface area contributed by atoms with Crippen LogP contribution in [-0.4, -0.2) is 41.6 Å². The Bertz CT molecular complexity index is 657. The van der Waals surface area contributed by atoms with E-state index in [2.05, 4.69) is 21.7 Å². The van der Waals surface area contributed by atoms with E-state index < -0.39 is 0 Å². The fraction of sp³-hybridized carbons (Fsp3) is 0.368. The molecule has 0 radical (unpaired) electrons. The molecule has 2 N–H and O–H groups in total. The summed E-state index contributed by atoms with van der Waals surface area (Å²) >= 11 is 0. The molecule has 1 saturated heterocycles. The van der Waals surface area contributed by atoms with Gasteiger partial charge in [-0.1, -0.05) is 23.8 Å². The van der Waals surface area contributed by atoms with Crippen molar-refractivity contribution >= 4 is 11.7 Å². The topological polar surface area (TPSA) is 57.3 Å². The monoisotopic (exact) mass is 324 g/mol. The van der Waals surface area contributed by atoms with Crippen molar-refractivity contribution in [2.45, 2.75) is 25.8 Å². The summed E-state index contributed by atoms with van der Waals surface area (Å²) in [6.07, 6.45) is 5.54. The van der Waals surface area contributed by atoms with Crippen molar-refractivity contribution in [1.82, 2.24) is 15.2 Å². The number of rotatable bonds is 4. The molecule has 126 valence electrons. The number of urea groups is 1. The molecule has 5 heteroatoms. The lowest BCUT2D eigenvalue weighted by Crippen LogP contribution is -2.55. The van der Waals surface area contributed by atoms with Gasteiger partial charge in [-0.15, -0.1) is 0 Å². The maximum absolute atomic E-state index is 12.6. The molecule has 24 heavy (non-hydrogen) atoms.